The molecule has 1 heterocycles. The molecule has 0 bridgehead atoms. The number of hydrogen-bond acceptors (Lipinski definition) is 1. The molecule has 84 valence electrons. The van der Waals surface area contributed by atoms with Gasteiger partial charge in [-0.15, -0.1) is 0 Å². The van der Waals surface area contributed by atoms with E-state index in [-0.39, 0.29) is 0 Å². The molecule has 1 fully saturated rings. The van der Waals surface area contributed by atoms with Crippen molar-refractivity contribution in [3.8, 4) is 0 Å². The van der Waals surface area contributed by atoms with Crippen molar-refractivity contribution in [3.63, 3.8) is 0 Å². The summed E-state index contributed by atoms with van der Waals surface area (Å²) in [7, 11) is 0. The van der Waals surface area contributed by atoms with Crippen LogP contribution < -0.4 is 0 Å². The normalized spacial score (nSPS) is 42.9. The number of hydrogen-bond donors (Lipinski definition) is 0. The second-order valence-corrected chi connectivity index (χ2v) is 5.95. The molecule has 0 aromatic rings. The predicted octanol–water partition coefficient (Wildman–Crippen LogP) is 3.73. The lowest BCUT2D eigenvalue weighted by atomic mass is 9.63. The molecule has 0 aromatic heterocycles. The van der Waals surface area contributed by atoms with Crippen LogP contribution in [-0.4, -0.2) is 12.2 Å². The fourth-order valence-electron chi connectivity index (χ4n) is 2.66. The molecule has 1 saturated heterocycles. The van der Waals surface area contributed by atoms with Crippen LogP contribution >= 0.6 is 0 Å². The van der Waals surface area contributed by atoms with Gasteiger partial charge >= 0.3 is 0 Å². The standard InChI is InChI=1S/C13H26O/c1-8(2)12-10(4)13(6,7)9(3)11(5)14-12/h8-12H,1-7H3/t9-,10-,11-,12-/m0/s1. The Labute approximate surface area is 89.2 Å². The summed E-state index contributed by atoms with van der Waals surface area (Å²) in [4.78, 5) is 0. The van der Waals surface area contributed by atoms with E-state index < -0.39 is 0 Å². The van der Waals surface area contributed by atoms with Crippen molar-refractivity contribution in [1.29, 1.82) is 0 Å². The molecule has 0 N–H and O–H groups in total. The van der Waals surface area contributed by atoms with Crippen molar-refractivity contribution in [2.24, 2.45) is 23.2 Å². The van der Waals surface area contributed by atoms with Crippen LogP contribution in [0.4, 0.5) is 0 Å². The second kappa shape index (κ2) is 3.84. The summed E-state index contributed by atoms with van der Waals surface area (Å²) in [5, 5.41) is 0. The SMILES string of the molecule is CC(C)[C@@H]1O[C@@H](C)[C@H](C)C(C)(C)[C@H]1C. The summed E-state index contributed by atoms with van der Waals surface area (Å²) in [6.45, 7) is 16.2. The summed E-state index contributed by atoms with van der Waals surface area (Å²) in [6, 6.07) is 0. The molecule has 0 aromatic carbocycles. The quantitative estimate of drug-likeness (QED) is 0.624. The maximum Gasteiger partial charge on any atom is 0.0632 e. The lowest BCUT2D eigenvalue weighted by Gasteiger charge is -2.51. The van der Waals surface area contributed by atoms with Gasteiger partial charge in [0.2, 0.25) is 0 Å². The first-order valence-corrected chi connectivity index (χ1v) is 5.94. The predicted molar refractivity (Wildman–Crippen MR) is 61.3 cm³/mol. The minimum atomic E-state index is 0.395. The number of ether oxygens (including phenoxy) is 1. The first kappa shape index (κ1) is 12.0. The van der Waals surface area contributed by atoms with Crippen LogP contribution in [0.3, 0.4) is 0 Å². The Balaban J connectivity index is 2.87. The van der Waals surface area contributed by atoms with Gasteiger partial charge in [-0.25, -0.2) is 0 Å². The Hall–Kier alpha value is -0.0400. The molecule has 1 heteroatoms. The molecule has 0 aliphatic carbocycles. The van der Waals surface area contributed by atoms with Gasteiger partial charge in [-0.1, -0.05) is 41.5 Å². The van der Waals surface area contributed by atoms with Crippen molar-refractivity contribution >= 4 is 0 Å². The van der Waals surface area contributed by atoms with Gasteiger partial charge in [0.1, 0.15) is 0 Å². The van der Waals surface area contributed by atoms with Crippen molar-refractivity contribution in [3.05, 3.63) is 0 Å². The van der Waals surface area contributed by atoms with Gasteiger partial charge in [-0.2, -0.15) is 0 Å². The maximum absolute atomic E-state index is 6.11. The van der Waals surface area contributed by atoms with Gasteiger partial charge in [0.25, 0.3) is 0 Å². The van der Waals surface area contributed by atoms with Crippen molar-refractivity contribution < 1.29 is 4.74 Å². The Morgan fingerprint density at radius 1 is 1.00 bits per heavy atom. The van der Waals surface area contributed by atoms with E-state index in [0.29, 0.717) is 35.4 Å². The molecule has 1 rings (SSSR count). The lowest BCUT2D eigenvalue weighted by molar-refractivity contribution is -0.174. The minimum absolute atomic E-state index is 0.395. The Bertz CT molecular complexity index is 195. The van der Waals surface area contributed by atoms with Crippen LogP contribution in [0.25, 0.3) is 0 Å². The van der Waals surface area contributed by atoms with E-state index in [1.807, 2.05) is 0 Å². The zero-order valence-electron chi connectivity index (χ0n) is 10.8. The first-order valence-electron chi connectivity index (χ1n) is 5.94. The van der Waals surface area contributed by atoms with Crippen molar-refractivity contribution in [2.75, 3.05) is 0 Å². The zero-order valence-corrected chi connectivity index (χ0v) is 10.8. The molecule has 0 radical (unpaired) electrons. The highest BCUT2D eigenvalue weighted by Crippen LogP contribution is 2.46. The van der Waals surface area contributed by atoms with Gasteiger partial charge in [-0.3, -0.25) is 0 Å². The molecule has 1 aliphatic heterocycles. The monoisotopic (exact) mass is 198 g/mol. The maximum atomic E-state index is 6.11. The van der Waals surface area contributed by atoms with Gasteiger partial charge in [0.15, 0.2) is 0 Å². The molecule has 1 nitrogen and oxygen atoms in total. The molecule has 4 atom stereocenters. The van der Waals surface area contributed by atoms with E-state index in [1.165, 1.54) is 0 Å². The summed E-state index contributed by atoms with van der Waals surface area (Å²) in [6.07, 6.45) is 0.824. The van der Waals surface area contributed by atoms with Crippen LogP contribution in [0.15, 0.2) is 0 Å². The Kier molecular flexibility index (Phi) is 3.30. The second-order valence-electron chi connectivity index (χ2n) is 5.95. The first-order chi connectivity index (χ1) is 6.28. The van der Waals surface area contributed by atoms with E-state index >= 15 is 0 Å². The third-order valence-corrected chi connectivity index (χ3v) is 4.57. The molecule has 14 heavy (non-hydrogen) atoms. The van der Waals surface area contributed by atoms with Gasteiger partial charge in [-0.05, 0) is 30.1 Å². The third kappa shape index (κ3) is 1.84. The molecule has 1 aliphatic rings. The average Bonchev–Trinajstić information content (AvgIpc) is 2.08. The molecular formula is C13H26O. The lowest BCUT2D eigenvalue weighted by Crippen LogP contribution is -2.51. The van der Waals surface area contributed by atoms with Crippen molar-refractivity contribution in [2.45, 2.75) is 60.7 Å². The van der Waals surface area contributed by atoms with E-state index in [2.05, 4.69) is 48.5 Å². The van der Waals surface area contributed by atoms with E-state index in [4.69, 9.17) is 4.74 Å². The fourth-order valence-corrected chi connectivity index (χ4v) is 2.66. The van der Waals surface area contributed by atoms with E-state index in [9.17, 15) is 0 Å². The van der Waals surface area contributed by atoms with E-state index in [1.54, 1.807) is 0 Å². The van der Waals surface area contributed by atoms with Crippen LogP contribution in [0.2, 0.25) is 0 Å². The summed E-state index contributed by atoms with van der Waals surface area (Å²) in [5.41, 5.74) is 0.395. The summed E-state index contributed by atoms with van der Waals surface area (Å²) >= 11 is 0. The fraction of sp³-hybridized carbons (Fsp3) is 1.00. The zero-order chi connectivity index (χ0) is 11.1. The smallest absolute Gasteiger partial charge is 0.0632 e. The average molecular weight is 198 g/mol. The topological polar surface area (TPSA) is 9.23 Å². The van der Waals surface area contributed by atoms with Crippen LogP contribution in [0.1, 0.15) is 48.5 Å². The number of rotatable bonds is 1. The van der Waals surface area contributed by atoms with Crippen LogP contribution in [0, 0.1) is 23.2 Å². The largest absolute Gasteiger partial charge is 0.374 e. The van der Waals surface area contributed by atoms with Crippen molar-refractivity contribution in [1.82, 2.24) is 0 Å². The highest BCUT2D eigenvalue weighted by Gasteiger charge is 2.45. The molecule has 0 amide bonds. The van der Waals surface area contributed by atoms with Gasteiger partial charge in [0.05, 0.1) is 12.2 Å². The van der Waals surface area contributed by atoms with Gasteiger partial charge < -0.3 is 4.74 Å². The third-order valence-electron chi connectivity index (χ3n) is 4.57. The Morgan fingerprint density at radius 2 is 1.50 bits per heavy atom. The van der Waals surface area contributed by atoms with Gasteiger partial charge in [0, 0.05) is 0 Å². The highest BCUT2D eigenvalue weighted by molar-refractivity contribution is 4.93. The highest BCUT2D eigenvalue weighted by atomic mass is 16.5. The molecule has 0 saturated carbocycles. The van der Waals surface area contributed by atoms with Crippen LogP contribution in [-0.2, 0) is 4.74 Å². The molecule has 0 unspecified atom stereocenters. The molecule has 0 spiro atoms. The van der Waals surface area contributed by atoms with E-state index in [0.717, 1.165) is 0 Å². The molecular weight excluding hydrogens is 172 g/mol. The Morgan fingerprint density at radius 3 is 1.93 bits per heavy atom. The summed E-state index contributed by atoms with van der Waals surface area (Å²) in [5.74, 6) is 1.92. The van der Waals surface area contributed by atoms with Crippen LogP contribution in [0.5, 0.6) is 0 Å². The minimum Gasteiger partial charge on any atom is -0.374 e. The summed E-state index contributed by atoms with van der Waals surface area (Å²) < 4.78 is 6.11.